The maximum Gasteiger partial charge on any atom is 0.276 e. The molecule has 0 radical (unpaired) electrons. The van der Waals surface area contributed by atoms with Crippen LogP contribution in [0.4, 0.5) is 5.69 Å². The van der Waals surface area contributed by atoms with Crippen LogP contribution in [0.15, 0.2) is 54.7 Å². The number of rotatable bonds is 5. The van der Waals surface area contributed by atoms with Gasteiger partial charge in [0, 0.05) is 6.20 Å². The Hall–Kier alpha value is -2.99. The van der Waals surface area contributed by atoms with Gasteiger partial charge in [0.15, 0.2) is 12.4 Å². The number of carbonyl (C=O) groups is 1. The van der Waals surface area contributed by atoms with E-state index in [-0.39, 0.29) is 18.2 Å². The van der Waals surface area contributed by atoms with Crippen molar-refractivity contribution >= 4 is 23.2 Å². The standard InChI is InChI=1S/C18H16ClN3O3/c1-12-6-7-13(19)17(10-12)25-11-22-9-8-15(21-22)18(24)20-14-4-2-3-5-16(14)23/h2-10,23H,11H2,1H3,(H,20,24). The van der Waals surface area contributed by atoms with Gasteiger partial charge in [-0.15, -0.1) is 0 Å². The molecule has 0 spiro atoms. The number of para-hydroxylation sites is 2. The highest BCUT2D eigenvalue weighted by Crippen LogP contribution is 2.25. The minimum Gasteiger partial charge on any atom is -0.506 e. The summed E-state index contributed by atoms with van der Waals surface area (Å²) in [6, 6.07) is 13.5. The molecule has 3 aromatic rings. The Kier molecular flexibility index (Phi) is 4.90. The molecule has 0 bridgehead atoms. The zero-order valence-corrected chi connectivity index (χ0v) is 14.2. The Morgan fingerprint density at radius 2 is 2.08 bits per heavy atom. The summed E-state index contributed by atoms with van der Waals surface area (Å²) in [5.74, 6) is 0.124. The quantitative estimate of drug-likeness (QED) is 0.680. The monoisotopic (exact) mass is 357 g/mol. The van der Waals surface area contributed by atoms with Crippen LogP contribution in [0.5, 0.6) is 11.5 Å². The number of benzene rings is 2. The van der Waals surface area contributed by atoms with Crippen LogP contribution in [-0.2, 0) is 6.73 Å². The lowest BCUT2D eigenvalue weighted by Gasteiger charge is -2.09. The van der Waals surface area contributed by atoms with Gasteiger partial charge in [0.2, 0.25) is 0 Å². The smallest absolute Gasteiger partial charge is 0.276 e. The summed E-state index contributed by atoms with van der Waals surface area (Å²) in [6.07, 6.45) is 1.63. The number of aryl methyl sites for hydroxylation is 1. The molecule has 0 fully saturated rings. The highest BCUT2D eigenvalue weighted by molar-refractivity contribution is 6.32. The van der Waals surface area contributed by atoms with Gasteiger partial charge in [-0.05, 0) is 42.8 Å². The van der Waals surface area contributed by atoms with Gasteiger partial charge < -0.3 is 15.2 Å². The van der Waals surface area contributed by atoms with Crippen LogP contribution in [0, 0.1) is 6.92 Å². The van der Waals surface area contributed by atoms with Crippen molar-refractivity contribution in [3.63, 3.8) is 0 Å². The fourth-order valence-corrected chi connectivity index (χ4v) is 2.35. The first-order chi connectivity index (χ1) is 12.0. The summed E-state index contributed by atoms with van der Waals surface area (Å²) >= 11 is 6.08. The third-order valence-electron chi connectivity index (χ3n) is 3.46. The van der Waals surface area contributed by atoms with Crippen molar-refractivity contribution in [2.24, 2.45) is 0 Å². The molecule has 6 nitrogen and oxygen atoms in total. The molecule has 0 atom stereocenters. The second kappa shape index (κ2) is 7.27. The lowest BCUT2D eigenvalue weighted by molar-refractivity contribution is 0.102. The van der Waals surface area contributed by atoms with E-state index < -0.39 is 5.91 Å². The molecule has 0 aliphatic carbocycles. The number of hydrogen-bond donors (Lipinski definition) is 2. The summed E-state index contributed by atoms with van der Waals surface area (Å²) in [5.41, 5.74) is 1.56. The van der Waals surface area contributed by atoms with E-state index in [0.29, 0.717) is 16.5 Å². The number of aromatic hydroxyl groups is 1. The number of phenolic OH excluding ortho intramolecular Hbond substituents is 1. The minimum atomic E-state index is -0.422. The van der Waals surface area contributed by atoms with E-state index in [1.54, 1.807) is 36.5 Å². The van der Waals surface area contributed by atoms with Crippen LogP contribution in [0.3, 0.4) is 0 Å². The average Bonchev–Trinajstić information content (AvgIpc) is 3.07. The Balaban J connectivity index is 1.65. The second-order valence-corrected chi connectivity index (χ2v) is 5.83. The van der Waals surface area contributed by atoms with Gasteiger partial charge in [0.1, 0.15) is 11.5 Å². The number of phenols is 1. The van der Waals surface area contributed by atoms with Gasteiger partial charge in [0.05, 0.1) is 10.7 Å². The zero-order valence-electron chi connectivity index (χ0n) is 13.4. The first-order valence-corrected chi connectivity index (χ1v) is 7.92. The first-order valence-electron chi connectivity index (χ1n) is 7.54. The molecule has 128 valence electrons. The molecule has 1 aromatic heterocycles. The number of carbonyl (C=O) groups excluding carboxylic acids is 1. The predicted octanol–water partition coefficient (Wildman–Crippen LogP) is 3.84. The third kappa shape index (κ3) is 4.10. The first kappa shape index (κ1) is 16.9. The molecule has 0 saturated carbocycles. The highest BCUT2D eigenvalue weighted by atomic mass is 35.5. The predicted molar refractivity (Wildman–Crippen MR) is 95.1 cm³/mol. The van der Waals surface area contributed by atoms with Crippen molar-refractivity contribution in [1.29, 1.82) is 0 Å². The van der Waals surface area contributed by atoms with Crippen LogP contribution in [0.1, 0.15) is 16.1 Å². The van der Waals surface area contributed by atoms with E-state index in [2.05, 4.69) is 10.4 Å². The summed E-state index contributed by atoms with van der Waals surface area (Å²) in [6.45, 7) is 2.06. The number of nitrogens with zero attached hydrogens (tertiary/aromatic N) is 2. The summed E-state index contributed by atoms with van der Waals surface area (Å²) < 4.78 is 7.12. The molecular weight excluding hydrogens is 342 g/mol. The number of halogens is 1. The number of aromatic nitrogens is 2. The Bertz CT molecular complexity index is 908. The number of anilines is 1. The molecule has 0 unspecified atom stereocenters. The molecular formula is C18H16ClN3O3. The lowest BCUT2D eigenvalue weighted by Crippen LogP contribution is -2.14. The van der Waals surface area contributed by atoms with Crippen LogP contribution < -0.4 is 10.1 Å². The van der Waals surface area contributed by atoms with Crippen molar-refractivity contribution in [1.82, 2.24) is 9.78 Å². The van der Waals surface area contributed by atoms with Gasteiger partial charge >= 0.3 is 0 Å². The molecule has 7 heteroatoms. The molecule has 25 heavy (non-hydrogen) atoms. The molecule has 0 saturated heterocycles. The van der Waals surface area contributed by atoms with Gasteiger partial charge in [-0.1, -0.05) is 29.8 Å². The number of hydrogen-bond acceptors (Lipinski definition) is 4. The third-order valence-corrected chi connectivity index (χ3v) is 3.78. The fraction of sp³-hybridized carbons (Fsp3) is 0.111. The normalized spacial score (nSPS) is 10.5. The molecule has 3 rings (SSSR count). The molecule has 0 aliphatic heterocycles. The maximum absolute atomic E-state index is 12.2. The van der Waals surface area contributed by atoms with Crippen LogP contribution in [0.2, 0.25) is 5.02 Å². The summed E-state index contributed by atoms with van der Waals surface area (Å²) in [7, 11) is 0. The lowest BCUT2D eigenvalue weighted by atomic mass is 10.2. The topological polar surface area (TPSA) is 76.4 Å². The highest BCUT2D eigenvalue weighted by Gasteiger charge is 2.12. The largest absolute Gasteiger partial charge is 0.506 e. The number of nitrogens with one attached hydrogen (secondary N) is 1. The van der Waals surface area contributed by atoms with E-state index in [1.165, 1.54) is 10.7 Å². The number of ether oxygens (including phenoxy) is 1. The van der Waals surface area contributed by atoms with Gasteiger partial charge in [-0.25, -0.2) is 4.68 Å². The van der Waals surface area contributed by atoms with E-state index >= 15 is 0 Å². The van der Waals surface area contributed by atoms with Crippen molar-refractivity contribution < 1.29 is 14.6 Å². The van der Waals surface area contributed by atoms with E-state index in [4.69, 9.17) is 16.3 Å². The van der Waals surface area contributed by atoms with Crippen molar-refractivity contribution in [2.75, 3.05) is 5.32 Å². The van der Waals surface area contributed by atoms with Gasteiger partial charge in [-0.3, -0.25) is 4.79 Å². The van der Waals surface area contributed by atoms with E-state index in [1.807, 2.05) is 19.1 Å². The van der Waals surface area contributed by atoms with E-state index in [0.717, 1.165) is 5.56 Å². The average molecular weight is 358 g/mol. The minimum absolute atomic E-state index is 0.00675. The van der Waals surface area contributed by atoms with Gasteiger partial charge in [-0.2, -0.15) is 5.10 Å². The molecule has 2 aromatic carbocycles. The molecule has 1 heterocycles. The summed E-state index contributed by atoms with van der Waals surface area (Å²) in [4.78, 5) is 12.2. The van der Waals surface area contributed by atoms with Crippen molar-refractivity contribution in [3.05, 3.63) is 71.0 Å². The van der Waals surface area contributed by atoms with Crippen molar-refractivity contribution in [2.45, 2.75) is 13.7 Å². The fourth-order valence-electron chi connectivity index (χ4n) is 2.18. The summed E-state index contributed by atoms with van der Waals surface area (Å²) in [5, 5.41) is 17.0. The van der Waals surface area contributed by atoms with Crippen LogP contribution >= 0.6 is 11.6 Å². The SMILES string of the molecule is Cc1ccc(Cl)c(OCn2ccc(C(=O)Nc3ccccc3O)n2)c1. The van der Waals surface area contributed by atoms with Gasteiger partial charge in [0.25, 0.3) is 5.91 Å². The number of amides is 1. The van der Waals surface area contributed by atoms with Crippen LogP contribution in [0.25, 0.3) is 0 Å². The Labute approximate surface area is 149 Å². The molecule has 0 aliphatic rings. The van der Waals surface area contributed by atoms with Crippen LogP contribution in [-0.4, -0.2) is 20.8 Å². The maximum atomic E-state index is 12.2. The van der Waals surface area contributed by atoms with Crippen molar-refractivity contribution in [3.8, 4) is 11.5 Å². The molecule has 2 N–H and O–H groups in total. The zero-order chi connectivity index (χ0) is 17.8. The Morgan fingerprint density at radius 3 is 2.88 bits per heavy atom. The van der Waals surface area contributed by atoms with E-state index in [9.17, 15) is 9.90 Å². The molecule has 1 amide bonds. The Morgan fingerprint density at radius 1 is 1.28 bits per heavy atom. The second-order valence-electron chi connectivity index (χ2n) is 5.42.